The summed E-state index contributed by atoms with van der Waals surface area (Å²) < 4.78 is 0. The molecule has 64 heavy (non-hydrogen) atoms. The zero-order valence-corrected chi connectivity index (χ0v) is 37.1. The third kappa shape index (κ3) is 5.81. The Kier molecular flexibility index (Phi) is 8.96. The molecule has 0 heterocycles. The number of benzene rings is 11. The van der Waals surface area contributed by atoms with Gasteiger partial charge >= 0.3 is 0 Å². The highest BCUT2D eigenvalue weighted by Crippen LogP contribution is 2.51. The van der Waals surface area contributed by atoms with Crippen molar-refractivity contribution in [3.8, 4) is 44.5 Å². The molecule has 0 nitrogen and oxygen atoms in total. The van der Waals surface area contributed by atoms with Crippen LogP contribution in [-0.4, -0.2) is 8.07 Å². The summed E-state index contributed by atoms with van der Waals surface area (Å²) in [6.45, 7) is 4.73. The van der Waals surface area contributed by atoms with Gasteiger partial charge in [0.05, 0.1) is 0 Å². The van der Waals surface area contributed by atoms with E-state index in [-0.39, 0.29) is 5.41 Å². The molecule has 0 atom stereocenters. The summed E-state index contributed by atoms with van der Waals surface area (Å²) >= 11 is 0. The summed E-state index contributed by atoms with van der Waals surface area (Å²) in [7, 11) is -2.70. The minimum absolute atomic E-state index is 0.0614. The third-order valence-electron chi connectivity index (χ3n) is 14.2. The number of fused-ring (bicyclic) bond motifs is 6. The largest absolute Gasteiger partial charge is 0.179 e. The van der Waals surface area contributed by atoms with Crippen molar-refractivity contribution in [3.63, 3.8) is 0 Å². The van der Waals surface area contributed by atoms with Gasteiger partial charge in [-0.25, -0.2) is 0 Å². The van der Waals surface area contributed by atoms with E-state index in [1.807, 2.05) is 0 Å². The Hall–Kier alpha value is -7.58. The van der Waals surface area contributed by atoms with E-state index in [9.17, 15) is 0 Å². The van der Waals surface area contributed by atoms with Crippen molar-refractivity contribution < 1.29 is 0 Å². The molecule has 11 aromatic carbocycles. The molecule has 0 amide bonds. The summed E-state index contributed by atoms with van der Waals surface area (Å²) in [6.07, 6.45) is 0. The Morgan fingerprint density at radius 2 is 0.734 bits per heavy atom. The van der Waals surface area contributed by atoms with E-state index in [4.69, 9.17) is 0 Å². The van der Waals surface area contributed by atoms with Crippen LogP contribution in [0.5, 0.6) is 0 Å². The predicted molar refractivity (Wildman–Crippen MR) is 276 cm³/mol. The van der Waals surface area contributed by atoms with Gasteiger partial charge in [0.15, 0.2) is 8.07 Å². The van der Waals surface area contributed by atoms with Crippen LogP contribution in [0, 0.1) is 0 Å². The van der Waals surface area contributed by atoms with E-state index in [2.05, 4.69) is 257 Å². The molecule has 302 valence electrons. The average Bonchev–Trinajstić information content (AvgIpc) is 3.59. The van der Waals surface area contributed by atoms with Gasteiger partial charge in [0.1, 0.15) is 0 Å². The minimum Gasteiger partial charge on any atom is -0.0623 e. The van der Waals surface area contributed by atoms with Crippen molar-refractivity contribution in [2.24, 2.45) is 0 Å². The van der Waals surface area contributed by atoms with Gasteiger partial charge in [0.2, 0.25) is 0 Å². The fourth-order valence-corrected chi connectivity index (χ4v) is 16.0. The number of hydrogen-bond acceptors (Lipinski definition) is 0. The Balaban J connectivity index is 1.12. The molecular weight excluding hydrogens is 785 g/mol. The van der Waals surface area contributed by atoms with Crippen molar-refractivity contribution >= 4 is 61.1 Å². The van der Waals surface area contributed by atoms with E-state index in [0.29, 0.717) is 0 Å². The van der Waals surface area contributed by atoms with Crippen LogP contribution in [-0.2, 0) is 5.41 Å². The van der Waals surface area contributed by atoms with Crippen molar-refractivity contribution in [2.45, 2.75) is 19.3 Å². The molecule has 0 spiro atoms. The number of hydrogen-bond donors (Lipinski definition) is 0. The van der Waals surface area contributed by atoms with Crippen LogP contribution in [0.15, 0.2) is 243 Å². The molecule has 0 unspecified atom stereocenters. The first-order chi connectivity index (χ1) is 31.5. The van der Waals surface area contributed by atoms with E-state index in [0.717, 1.165) is 0 Å². The molecule has 0 bridgehead atoms. The first kappa shape index (κ1) is 38.1. The van der Waals surface area contributed by atoms with Crippen LogP contribution in [0.3, 0.4) is 0 Å². The Morgan fingerprint density at radius 3 is 1.39 bits per heavy atom. The lowest BCUT2D eigenvalue weighted by Crippen LogP contribution is -2.74. The predicted octanol–water partition coefficient (Wildman–Crippen LogP) is 13.8. The van der Waals surface area contributed by atoms with Gasteiger partial charge in [-0.05, 0) is 121 Å². The summed E-state index contributed by atoms with van der Waals surface area (Å²) in [5.74, 6) is 0. The normalized spacial score (nSPS) is 13.0. The van der Waals surface area contributed by atoms with Crippen LogP contribution in [0.2, 0.25) is 0 Å². The highest BCUT2D eigenvalue weighted by Gasteiger charge is 2.41. The quantitative estimate of drug-likeness (QED) is 0.0853. The van der Waals surface area contributed by atoms with Crippen LogP contribution in [0.25, 0.3) is 76.8 Å². The maximum absolute atomic E-state index is 2.70. The second kappa shape index (κ2) is 15.1. The zero-order valence-electron chi connectivity index (χ0n) is 36.1. The SMILES string of the molecule is CC1(C)c2ccccc2-c2cc(-c3c4ccccc4c(-c4ccc([Si](c5ccccc5)(c5ccccc5)c5ccccc5)cc4)c4ccc(-c5cccc6ccccc56)cc34)ccc21. The lowest BCUT2D eigenvalue weighted by atomic mass is 9.81. The van der Waals surface area contributed by atoms with E-state index in [1.54, 1.807) is 0 Å². The Morgan fingerprint density at radius 1 is 0.281 bits per heavy atom. The molecule has 0 aromatic heterocycles. The van der Waals surface area contributed by atoms with Gasteiger partial charge in [-0.1, -0.05) is 244 Å². The summed E-state index contributed by atoms with van der Waals surface area (Å²) in [5.41, 5.74) is 12.9. The van der Waals surface area contributed by atoms with E-state index in [1.165, 1.54) is 109 Å². The zero-order chi connectivity index (χ0) is 42.8. The molecule has 0 saturated carbocycles. The first-order valence-electron chi connectivity index (χ1n) is 22.5. The lowest BCUT2D eigenvalue weighted by Gasteiger charge is -2.34. The van der Waals surface area contributed by atoms with E-state index >= 15 is 0 Å². The maximum atomic E-state index is 2.48. The molecule has 0 aliphatic heterocycles. The van der Waals surface area contributed by atoms with E-state index < -0.39 is 8.07 Å². The summed E-state index contributed by atoms with van der Waals surface area (Å²) in [6, 6.07) is 91.3. The van der Waals surface area contributed by atoms with Crippen molar-refractivity contribution in [1.82, 2.24) is 0 Å². The first-order valence-corrected chi connectivity index (χ1v) is 24.5. The molecule has 12 rings (SSSR count). The van der Waals surface area contributed by atoms with Gasteiger partial charge in [-0.2, -0.15) is 0 Å². The van der Waals surface area contributed by atoms with Crippen LogP contribution in [0.4, 0.5) is 0 Å². The van der Waals surface area contributed by atoms with Gasteiger partial charge in [-0.15, -0.1) is 0 Å². The van der Waals surface area contributed by atoms with Gasteiger partial charge in [0, 0.05) is 5.41 Å². The van der Waals surface area contributed by atoms with Crippen LogP contribution < -0.4 is 20.7 Å². The lowest BCUT2D eigenvalue weighted by molar-refractivity contribution is 0.660. The highest BCUT2D eigenvalue weighted by atomic mass is 28.3. The summed E-state index contributed by atoms with van der Waals surface area (Å²) in [4.78, 5) is 0. The molecule has 1 aliphatic carbocycles. The fraction of sp³-hybridized carbons (Fsp3) is 0.0476. The Labute approximate surface area is 376 Å². The second-order valence-electron chi connectivity index (χ2n) is 17.9. The number of rotatable bonds is 7. The highest BCUT2D eigenvalue weighted by molar-refractivity contribution is 7.19. The van der Waals surface area contributed by atoms with Crippen LogP contribution >= 0.6 is 0 Å². The molecule has 0 N–H and O–H groups in total. The summed E-state index contributed by atoms with van der Waals surface area (Å²) in [5, 5.41) is 13.0. The van der Waals surface area contributed by atoms with Gasteiger partial charge < -0.3 is 0 Å². The molecule has 0 saturated heterocycles. The van der Waals surface area contributed by atoms with Crippen LogP contribution in [0.1, 0.15) is 25.0 Å². The standard InChI is InChI=1S/C63H46Si/c1-63(2)59-32-17-16-28-53(59)57-42-46(36-40-60(57)63)62-55-30-15-14-29-54(55)61(56-39-35-45(41-58(56)62)52-31-18-20-43-19-12-13-27-51(43)52)44-33-37-50(38-34-44)64(47-21-6-3-7-22-47,48-23-8-4-9-24-48)49-25-10-5-11-26-49/h3-42H,1-2H3. The molecule has 1 heteroatoms. The molecule has 0 radical (unpaired) electrons. The monoisotopic (exact) mass is 830 g/mol. The van der Waals surface area contributed by atoms with Crippen molar-refractivity contribution in [2.75, 3.05) is 0 Å². The smallest absolute Gasteiger partial charge is 0.0623 e. The molecule has 1 aliphatic rings. The third-order valence-corrected chi connectivity index (χ3v) is 19.0. The van der Waals surface area contributed by atoms with Crippen molar-refractivity contribution in [1.29, 1.82) is 0 Å². The van der Waals surface area contributed by atoms with Gasteiger partial charge in [-0.3, -0.25) is 0 Å². The molecule has 11 aromatic rings. The molecule has 0 fully saturated rings. The minimum atomic E-state index is -2.70. The average molecular weight is 831 g/mol. The maximum Gasteiger partial charge on any atom is 0.179 e. The Bertz CT molecular complexity index is 3450. The topological polar surface area (TPSA) is 0 Å². The molecular formula is C63H46Si. The van der Waals surface area contributed by atoms with Crippen molar-refractivity contribution in [3.05, 3.63) is 254 Å². The fourth-order valence-electron chi connectivity index (χ4n) is 11.3. The second-order valence-corrected chi connectivity index (χ2v) is 21.7. The van der Waals surface area contributed by atoms with Gasteiger partial charge in [0.25, 0.3) is 0 Å².